The van der Waals surface area contributed by atoms with Crippen LogP contribution >= 0.6 is 25.3 Å². The monoisotopic (exact) mass is 906 g/mol. The molecule has 0 spiro atoms. The minimum Gasteiger partial charge on any atom is -0.481 e. The van der Waals surface area contributed by atoms with Crippen molar-refractivity contribution >= 4 is 89.4 Å². The lowest BCUT2D eigenvalue weighted by atomic mass is 10.0. The number of aliphatic carboxylic acids is 2. The van der Waals surface area contributed by atoms with Gasteiger partial charge in [-0.15, -0.1) is 0 Å². The quantitative estimate of drug-likeness (QED) is 0.0371. The predicted molar refractivity (Wildman–Crippen MR) is 233 cm³/mol. The molecule has 7 atom stereocenters. The summed E-state index contributed by atoms with van der Waals surface area (Å²) in [4.78, 5) is 121. The third-order valence-corrected chi connectivity index (χ3v) is 10.9. The second-order valence-electron chi connectivity index (χ2n) is 15.2. The summed E-state index contributed by atoms with van der Waals surface area (Å²) in [5.41, 5.74) is 12.8. The molecule has 1 aliphatic rings. The number of hydrogen-bond donors (Lipinski definition) is 13. The Kier molecular flexibility index (Phi) is 20.5. The molecule has 0 bridgehead atoms. The lowest BCUT2D eigenvalue weighted by Gasteiger charge is -2.30. The maximum Gasteiger partial charge on any atom is 0.327 e. The van der Waals surface area contributed by atoms with Crippen molar-refractivity contribution in [2.75, 3.05) is 31.1 Å². The Balaban J connectivity index is 1.79. The molecule has 3 rings (SSSR count). The zero-order valence-electron chi connectivity index (χ0n) is 34.6. The molecule has 0 radical (unpaired) electrons. The number of benzene rings is 1. The highest BCUT2D eigenvalue weighted by Crippen LogP contribution is 2.23. The first-order valence-corrected chi connectivity index (χ1v) is 21.4. The molecule has 13 N–H and O–H groups in total. The second kappa shape index (κ2) is 24.9. The molecule has 23 heteroatoms. The summed E-state index contributed by atoms with van der Waals surface area (Å²) in [7, 11) is 0. The number of fused-ring (bicyclic) bond motifs is 1. The van der Waals surface area contributed by atoms with Crippen molar-refractivity contribution in [2.24, 2.45) is 17.4 Å². The number of nitrogens with one attached hydrogen (secondary N) is 7. The van der Waals surface area contributed by atoms with Gasteiger partial charge in [0.25, 0.3) is 0 Å². The molecule has 0 aliphatic carbocycles. The Morgan fingerprint density at radius 3 is 2.10 bits per heavy atom. The third kappa shape index (κ3) is 14.9. The van der Waals surface area contributed by atoms with E-state index in [0.29, 0.717) is 31.4 Å². The average molecular weight is 907 g/mol. The number of aromatic amines is 1. The van der Waals surface area contributed by atoms with E-state index in [1.54, 1.807) is 44.3 Å². The summed E-state index contributed by atoms with van der Waals surface area (Å²) in [5.74, 6) is -8.97. The van der Waals surface area contributed by atoms with Crippen LogP contribution in [0.15, 0.2) is 30.5 Å². The molecule has 2 aromatic rings. The number of nitrogens with two attached hydrogens (primary N) is 2. The van der Waals surface area contributed by atoms with Crippen LogP contribution in [-0.2, 0) is 49.6 Å². The van der Waals surface area contributed by atoms with E-state index in [4.69, 9.17) is 11.5 Å². The predicted octanol–water partition coefficient (Wildman–Crippen LogP) is -2.23. The van der Waals surface area contributed by atoms with Crippen molar-refractivity contribution in [1.29, 1.82) is 0 Å². The number of amides is 7. The lowest BCUT2D eigenvalue weighted by molar-refractivity contribution is -0.144. The molecule has 0 unspecified atom stereocenters. The van der Waals surface area contributed by atoms with Crippen molar-refractivity contribution < 1.29 is 53.4 Å². The molecule has 1 aromatic carbocycles. The van der Waals surface area contributed by atoms with Gasteiger partial charge >= 0.3 is 11.9 Å². The topological polar surface area (TPSA) is 337 Å². The van der Waals surface area contributed by atoms with E-state index in [9.17, 15) is 53.4 Å². The zero-order valence-corrected chi connectivity index (χ0v) is 36.3. The van der Waals surface area contributed by atoms with Crippen LogP contribution in [0.4, 0.5) is 0 Å². The van der Waals surface area contributed by atoms with E-state index in [1.165, 1.54) is 4.90 Å². The van der Waals surface area contributed by atoms with Crippen LogP contribution < -0.4 is 43.4 Å². The number of likely N-dealkylation sites (tertiary alicyclic amines) is 1. The van der Waals surface area contributed by atoms with Gasteiger partial charge in [-0.2, -0.15) is 25.3 Å². The Hall–Kier alpha value is -5.39. The number of carboxylic acid groups (broad SMARTS) is 2. The van der Waals surface area contributed by atoms with E-state index in [1.807, 2.05) is 0 Å². The van der Waals surface area contributed by atoms with Gasteiger partial charge in [0.2, 0.25) is 41.4 Å². The number of carboxylic acids is 2. The molecule has 342 valence electrons. The largest absolute Gasteiger partial charge is 0.481 e. The number of rotatable bonds is 25. The van der Waals surface area contributed by atoms with Crippen LogP contribution in [0.2, 0.25) is 0 Å². The van der Waals surface area contributed by atoms with Crippen molar-refractivity contribution in [2.45, 2.75) is 101 Å². The number of para-hydroxylation sites is 1. The molecular weight excluding hydrogens is 849 g/mol. The van der Waals surface area contributed by atoms with Crippen molar-refractivity contribution in [3.8, 4) is 0 Å². The first kappa shape index (κ1) is 51.0. The third-order valence-electron chi connectivity index (χ3n) is 10.2. The zero-order chi connectivity index (χ0) is 46.1. The number of carbonyl (C=O) groups is 9. The maximum absolute atomic E-state index is 14.3. The molecule has 21 nitrogen and oxygen atoms in total. The van der Waals surface area contributed by atoms with Crippen LogP contribution in [-0.4, -0.2) is 147 Å². The number of hydrogen-bond acceptors (Lipinski definition) is 13. The molecule has 1 fully saturated rings. The first-order valence-electron chi connectivity index (χ1n) is 20.2. The molecule has 1 aliphatic heterocycles. The lowest BCUT2D eigenvalue weighted by Crippen LogP contribution is -2.59. The van der Waals surface area contributed by atoms with Crippen LogP contribution in [0.3, 0.4) is 0 Å². The summed E-state index contributed by atoms with van der Waals surface area (Å²) in [5, 5.41) is 34.6. The van der Waals surface area contributed by atoms with Crippen molar-refractivity contribution in [1.82, 2.24) is 41.8 Å². The fourth-order valence-corrected chi connectivity index (χ4v) is 7.17. The van der Waals surface area contributed by atoms with Crippen LogP contribution in [0.5, 0.6) is 0 Å². The number of carbonyl (C=O) groups excluding carboxylic acids is 7. The van der Waals surface area contributed by atoms with E-state index in [0.717, 1.165) is 10.9 Å². The molecule has 0 saturated carbocycles. The molecule has 62 heavy (non-hydrogen) atoms. The second-order valence-corrected chi connectivity index (χ2v) is 15.9. The highest BCUT2D eigenvalue weighted by Gasteiger charge is 2.40. The maximum atomic E-state index is 14.3. The molecule has 2 heterocycles. The van der Waals surface area contributed by atoms with Gasteiger partial charge in [0.15, 0.2) is 0 Å². The van der Waals surface area contributed by atoms with Crippen LogP contribution in [0.1, 0.15) is 57.9 Å². The van der Waals surface area contributed by atoms with Crippen molar-refractivity contribution in [3.05, 3.63) is 36.0 Å². The summed E-state index contributed by atoms with van der Waals surface area (Å²) in [6.45, 7) is 3.10. The van der Waals surface area contributed by atoms with Crippen LogP contribution in [0, 0.1) is 5.92 Å². The van der Waals surface area contributed by atoms with E-state index < -0.39 is 109 Å². The van der Waals surface area contributed by atoms with E-state index in [-0.39, 0.29) is 43.2 Å². The molecule has 1 aromatic heterocycles. The van der Waals surface area contributed by atoms with Crippen LogP contribution in [0.25, 0.3) is 10.9 Å². The minimum atomic E-state index is -1.75. The molecular formula is C39H58N10O11S2. The molecule has 7 amide bonds. The van der Waals surface area contributed by atoms with Gasteiger partial charge in [0.1, 0.15) is 36.3 Å². The van der Waals surface area contributed by atoms with E-state index >= 15 is 0 Å². The van der Waals surface area contributed by atoms with Gasteiger partial charge in [-0.1, -0.05) is 32.0 Å². The Morgan fingerprint density at radius 2 is 1.47 bits per heavy atom. The summed E-state index contributed by atoms with van der Waals surface area (Å²) in [6.07, 6.45) is 2.16. The summed E-state index contributed by atoms with van der Waals surface area (Å²) in [6, 6.07) is -1.66. The highest BCUT2D eigenvalue weighted by atomic mass is 32.1. The minimum absolute atomic E-state index is 0.0919. The van der Waals surface area contributed by atoms with Gasteiger partial charge < -0.3 is 63.5 Å². The highest BCUT2D eigenvalue weighted by molar-refractivity contribution is 7.80. The first-order chi connectivity index (χ1) is 29.4. The van der Waals surface area contributed by atoms with Gasteiger partial charge in [-0.05, 0) is 56.2 Å². The van der Waals surface area contributed by atoms with E-state index in [2.05, 4.69) is 62.1 Å². The van der Waals surface area contributed by atoms with Gasteiger partial charge in [-0.25, -0.2) is 4.79 Å². The van der Waals surface area contributed by atoms with Crippen molar-refractivity contribution in [3.63, 3.8) is 0 Å². The fraction of sp³-hybridized carbons (Fsp3) is 0.564. The standard InChI is InChI=1S/C39H58N10O11S2/c1-20(2)32(41)37(57)47-27(18-61)35(55)45-24(10-5-6-12-40)33(53)43-17-30(50)44-25(15-31(51)52)34(54)46-26(14-21-16-42-23-9-4-3-8-22(21)23)38(58)49-13-7-11-29(49)36(56)48-28(19-62)39(59)60/h3-4,8-9,16,20,24-29,32,42,61-62H,5-7,10-15,17-19,40-41H2,1-2H3,(H,43,53)(H,44,50)(H,45,55)(H,46,54)(H,47,57)(H,48,56)(H,51,52)(H,59,60)/t24-,25-,26-,27-,28-,29-,32-/m0/s1. The summed E-state index contributed by atoms with van der Waals surface area (Å²) >= 11 is 8.14. The number of thiol groups is 2. The Morgan fingerprint density at radius 1 is 0.823 bits per heavy atom. The number of unbranched alkanes of at least 4 members (excludes halogenated alkanes) is 1. The average Bonchev–Trinajstić information content (AvgIpc) is 3.90. The number of nitrogens with zero attached hydrogens (tertiary/aromatic N) is 1. The van der Waals surface area contributed by atoms with Gasteiger partial charge in [0.05, 0.1) is 19.0 Å². The van der Waals surface area contributed by atoms with Gasteiger partial charge in [-0.3, -0.25) is 38.4 Å². The fourth-order valence-electron chi connectivity index (χ4n) is 6.67. The summed E-state index contributed by atoms with van der Waals surface area (Å²) < 4.78 is 0. The smallest absolute Gasteiger partial charge is 0.327 e. The molecule has 1 saturated heterocycles. The Labute approximate surface area is 369 Å². The number of H-pyrrole nitrogens is 1. The van der Waals surface area contributed by atoms with Gasteiger partial charge in [0, 0.05) is 41.6 Å². The SMILES string of the molecule is CC(C)[C@H](N)C(=O)N[C@@H](CS)C(=O)N[C@@H](CCCCN)C(=O)NCC(=O)N[C@@H](CC(=O)O)C(=O)N[C@@H](Cc1c[nH]c2ccccc12)C(=O)N1CCC[C@H]1C(=O)N[C@@H](CS)C(=O)O. The normalized spacial score (nSPS) is 16.6. The number of aromatic nitrogens is 1. The Bertz CT molecular complexity index is 1930.